The van der Waals surface area contributed by atoms with Crippen LogP contribution in [-0.4, -0.2) is 24.2 Å². The molecule has 0 aliphatic carbocycles. The number of urea groups is 1. The SMILES string of the molecule is O=C(NC(=O)c1c(F)cccc1F)Nc1ccccc1OC(F)(F)C(F)(F)F. The van der Waals surface area contributed by atoms with Crippen molar-refractivity contribution < 1.29 is 45.1 Å². The van der Waals surface area contributed by atoms with Crippen molar-refractivity contribution >= 4 is 17.6 Å². The number of anilines is 1. The zero-order valence-electron chi connectivity index (χ0n) is 13.4. The number of alkyl halides is 5. The van der Waals surface area contributed by atoms with E-state index in [0.717, 1.165) is 36.4 Å². The molecule has 0 aliphatic rings. The Morgan fingerprint density at radius 3 is 2.00 bits per heavy atom. The second kappa shape index (κ2) is 7.74. The smallest absolute Gasteiger partial charge is 0.424 e. The number of hydrogen-bond acceptors (Lipinski definition) is 3. The molecular weight excluding hydrogens is 401 g/mol. The van der Waals surface area contributed by atoms with Crippen LogP contribution in [0, 0.1) is 11.6 Å². The van der Waals surface area contributed by atoms with Crippen molar-refractivity contribution in [3.05, 3.63) is 59.7 Å². The summed E-state index contributed by atoms with van der Waals surface area (Å²) >= 11 is 0. The summed E-state index contributed by atoms with van der Waals surface area (Å²) in [5.74, 6) is -5.13. The highest BCUT2D eigenvalue weighted by molar-refractivity contribution is 6.08. The summed E-state index contributed by atoms with van der Waals surface area (Å²) in [6, 6.07) is 4.81. The molecule has 0 saturated carbocycles. The van der Waals surface area contributed by atoms with Gasteiger partial charge in [0, 0.05) is 0 Å². The molecule has 0 atom stereocenters. The van der Waals surface area contributed by atoms with Gasteiger partial charge in [-0.25, -0.2) is 13.6 Å². The fourth-order valence-corrected chi connectivity index (χ4v) is 1.89. The van der Waals surface area contributed by atoms with Gasteiger partial charge in [0.25, 0.3) is 5.91 Å². The summed E-state index contributed by atoms with van der Waals surface area (Å²) < 4.78 is 93.5. The van der Waals surface area contributed by atoms with E-state index in [1.807, 2.05) is 0 Å². The van der Waals surface area contributed by atoms with E-state index < -0.39 is 52.9 Å². The summed E-state index contributed by atoms with van der Waals surface area (Å²) in [6.07, 6.45) is -11.6. The summed E-state index contributed by atoms with van der Waals surface area (Å²) in [6.45, 7) is 0. The van der Waals surface area contributed by atoms with E-state index in [1.54, 1.807) is 5.32 Å². The molecule has 0 fully saturated rings. The van der Waals surface area contributed by atoms with Crippen LogP contribution in [0.5, 0.6) is 5.75 Å². The van der Waals surface area contributed by atoms with Crippen LogP contribution in [0.4, 0.5) is 41.2 Å². The van der Waals surface area contributed by atoms with Gasteiger partial charge in [0.2, 0.25) is 0 Å². The first-order valence-corrected chi connectivity index (χ1v) is 7.21. The van der Waals surface area contributed by atoms with Crippen LogP contribution in [0.15, 0.2) is 42.5 Å². The maximum Gasteiger partial charge on any atom is 0.499 e. The molecule has 2 aromatic rings. The van der Waals surface area contributed by atoms with Gasteiger partial charge in [-0.05, 0) is 24.3 Å². The molecular formula is C16H9F7N2O3. The Morgan fingerprint density at radius 1 is 0.857 bits per heavy atom. The Hall–Kier alpha value is -3.31. The second-order valence-corrected chi connectivity index (χ2v) is 5.12. The molecule has 5 nitrogen and oxygen atoms in total. The molecule has 150 valence electrons. The second-order valence-electron chi connectivity index (χ2n) is 5.12. The molecule has 0 spiro atoms. The lowest BCUT2D eigenvalue weighted by molar-refractivity contribution is -0.360. The number of nitrogens with one attached hydrogen (secondary N) is 2. The van der Waals surface area contributed by atoms with E-state index in [4.69, 9.17) is 0 Å². The molecule has 0 saturated heterocycles. The number of hydrogen-bond donors (Lipinski definition) is 2. The fourth-order valence-electron chi connectivity index (χ4n) is 1.89. The maximum absolute atomic E-state index is 13.5. The molecule has 0 aliphatic heterocycles. The molecule has 2 rings (SSSR count). The molecule has 12 heteroatoms. The number of para-hydroxylation sites is 2. The van der Waals surface area contributed by atoms with Crippen molar-refractivity contribution in [2.45, 2.75) is 12.3 Å². The third-order valence-corrected chi connectivity index (χ3v) is 3.12. The average Bonchev–Trinajstić information content (AvgIpc) is 2.55. The monoisotopic (exact) mass is 410 g/mol. The van der Waals surface area contributed by atoms with E-state index in [9.17, 15) is 40.3 Å². The molecule has 0 aromatic heterocycles. The maximum atomic E-state index is 13.5. The van der Waals surface area contributed by atoms with Crippen LogP contribution in [0.25, 0.3) is 0 Å². The quantitative estimate of drug-likeness (QED) is 0.732. The van der Waals surface area contributed by atoms with Gasteiger partial charge >= 0.3 is 18.3 Å². The first kappa shape index (κ1) is 21.0. The highest BCUT2D eigenvalue weighted by atomic mass is 19.4. The van der Waals surface area contributed by atoms with Crippen molar-refractivity contribution in [2.24, 2.45) is 0 Å². The van der Waals surface area contributed by atoms with Crippen molar-refractivity contribution in [3.8, 4) is 5.75 Å². The van der Waals surface area contributed by atoms with Crippen LogP contribution in [0.2, 0.25) is 0 Å². The van der Waals surface area contributed by atoms with Gasteiger partial charge in [-0.2, -0.15) is 22.0 Å². The number of amides is 3. The van der Waals surface area contributed by atoms with Crippen molar-refractivity contribution in [3.63, 3.8) is 0 Å². The molecule has 28 heavy (non-hydrogen) atoms. The van der Waals surface area contributed by atoms with Crippen LogP contribution in [0.3, 0.4) is 0 Å². The van der Waals surface area contributed by atoms with Gasteiger partial charge < -0.3 is 10.1 Å². The van der Waals surface area contributed by atoms with Crippen molar-refractivity contribution in [2.75, 3.05) is 5.32 Å². The Morgan fingerprint density at radius 2 is 1.43 bits per heavy atom. The molecule has 3 amide bonds. The predicted molar refractivity (Wildman–Crippen MR) is 80.9 cm³/mol. The van der Waals surface area contributed by atoms with Crippen LogP contribution < -0.4 is 15.4 Å². The van der Waals surface area contributed by atoms with E-state index in [-0.39, 0.29) is 0 Å². The minimum atomic E-state index is -6.03. The predicted octanol–water partition coefficient (Wildman–Crippen LogP) is 4.46. The first-order chi connectivity index (χ1) is 12.9. The number of benzene rings is 2. The molecule has 0 heterocycles. The molecule has 2 N–H and O–H groups in total. The Balaban J connectivity index is 2.16. The largest absolute Gasteiger partial charge is 0.499 e. The number of carbonyl (C=O) groups excluding carboxylic acids is 2. The standard InChI is InChI=1S/C16H9F7N2O3/c17-8-4-3-5-9(18)12(8)13(26)25-14(27)24-10-6-1-2-7-11(10)28-16(22,23)15(19,20)21/h1-7H,(H2,24,25,26,27). The fraction of sp³-hybridized carbons (Fsp3) is 0.125. The average molecular weight is 410 g/mol. The number of imide groups is 1. The molecule has 0 unspecified atom stereocenters. The van der Waals surface area contributed by atoms with E-state index in [2.05, 4.69) is 4.74 Å². The Bertz CT molecular complexity index is 880. The number of carbonyl (C=O) groups is 2. The minimum Gasteiger partial charge on any atom is -0.424 e. The summed E-state index contributed by atoms with van der Waals surface area (Å²) in [4.78, 5) is 23.6. The zero-order chi connectivity index (χ0) is 21.1. The first-order valence-electron chi connectivity index (χ1n) is 7.21. The number of ether oxygens (including phenoxy) is 1. The van der Waals surface area contributed by atoms with Gasteiger partial charge in [-0.3, -0.25) is 10.1 Å². The van der Waals surface area contributed by atoms with E-state index >= 15 is 0 Å². The highest BCUT2D eigenvalue weighted by Gasteiger charge is 2.61. The molecule has 0 bridgehead atoms. The third kappa shape index (κ3) is 4.69. The van der Waals surface area contributed by atoms with Crippen LogP contribution >= 0.6 is 0 Å². The van der Waals surface area contributed by atoms with Gasteiger partial charge in [0.15, 0.2) is 0 Å². The Kier molecular flexibility index (Phi) is 5.81. The third-order valence-electron chi connectivity index (χ3n) is 3.12. The minimum absolute atomic E-state index is 0.661. The van der Waals surface area contributed by atoms with E-state index in [0.29, 0.717) is 6.07 Å². The van der Waals surface area contributed by atoms with Gasteiger partial charge in [-0.1, -0.05) is 18.2 Å². The van der Waals surface area contributed by atoms with Gasteiger partial charge in [0.05, 0.1) is 5.69 Å². The molecule has 2 aromatic carbocycles. The summed E-state index contributed by atoms with van der Waals surface area (Å²) in [5, 5.41) is 3.30. The zero-order valence-corrected chi connectivity index (χ0v) is 13.4. The van der Waals surface area contributed by atoms with Crippen molar-refractivity contribution in [1.29, 1.82) is 0 Å². The Labute approximate surface area is 152 Å². The highest BCUT2D eigenvalue weighted by Crippen LogP contribution is 2.39. The van der Waals surface area contributed by atoms with Crippen molar-refractivity contribution in [1.82, 2.24) is 5.32 Å². The van der Waals surface area contributed by atoms with E-state index in [1.165, 1.54) is 5.32 Å². The normalized spacial score (nSPS) is 11.7. The summed E-state index contributed by atoms with van der Waals surface area (Å²) in [7, 11) is 0. The lowest BCUT2D eigenvalue weighted by atomic mass is 10.2. The van der Waals surface area contributed by atoms with Crippen LogP contribution in [-0.2, 0) is 0 Å². The molecule has 0 radical (unpaired) electrons. The topological polar surface area (TPSA) is 67.4 Å². The lowest BCUT2D eigenvalue weighted by Crippen LogP contribution is -2.42. The van der Waals surface area contributed by atoms with Gasteiger partial charge in [0.1, 0.15) is 22.9 Å². The number of halogens is 7. The number of rotatable bonds is 4. The van der Waals surface area contributed by atoms with Crippen LogP contribution in [0.1, 0.15) is 10.4 Å². The van der Waals surface area contributed by atoms with Gasteiger partial charge in [-0.15, -0.1) is 0 Å². The summed E-state index contributed by atoms with van der Waals surface area (Å²) in [5.41, 5.74) is -1.75. The lowest BCUT2D eigenvalue weighted by Gasteiger charge is -2.21.